The van der Waals surface area contributed by atoms with Gasteiger partial charge in [-0.25, -0.2) is 4.39 Å². The lowest BCUT2D eigenvalue weighted by atomic mass is 9.98. The molecule has 2 aromatic rings. The Kier molecular flexibility index (Phi) is 4.55. The molecule has 1 heterocycles. The van der Waals surface area contributed by atoms with Crippen LogP contribution in [0, 0.1) is 12.7 Å². The number of pyridine rings is 1. The molecule has 0 aliphatic heterocycles. The van der Waals surface area contributed by atoms with Crippen LogP contribution in [0.15, 0.2) is 34.9 Å². The average Bonchev–Trinajstić information content (AvgIpc) is 2.40. The van der Waals surface area contributed by atoms with Gasteiger partial charge in [-0.2, -0.15) is 0 Å². The highest BCUT2D eigenvalue weighted by Crippen LogP contribution is 2.32. The third-order valence-electron chi connectivity index (χ3n) is 2.92. The predicted octanol–water partition coefficient (Wildman–Crippen LogP) is 4.25. The van der Waals surface area contributed by atoms with Crippen LogP contribution in [0.1, 0.15) is 22.9 Å². The molecule has 1 atom stereocenters. The zero-order valence-corrected chi connectivity index (χ0v) is 12.9. The second kappa shape index (κ2) is 5.99. The zero-order valence-electron chi connectivity index (χ0n) is 10.5. The van der Waals surface area contributed by atoms with E-state index in [4.69, 9.17) is 11.6 Å². The van der Waals surface area contributed by atoms with Crippen LogP contribution in [0.4, 0.5) is 4.39 Å². The highest BCUT2D eigenvalue weighted by Gasteiger charge is 2.19. The molecule has 1 N–H and O–H groups in total. The van der Waals surface area contributed by atoms with E-state index < -0.39 is 5.82 Å². The van der Waals surface area contributed by atoms with Crippen LogP contribution in [0.3, 0.4) is 0 Å². The molecule has 0 aliphatic rings. The largest absolute Gasteiger partial charge is 0.309 e. The Labute approximate surface area is 125 Å². The summed E-state index contributed by atoms with van der Waals surface area (Å²) in [6, 6.07) is 7.01. The number of nitrogens with zero attached hydrogens (tertiary/aromatic N) is 1. The first-order valence-corrected chi connectivity index (χ1v) is 6.95. The van der Waals surface area contributed by atoms with Crippen molar-refractivity contribution in [2.24, 2.45) is 0 Å². The Morgan fingerprint density at radius 1 is 1.37 bits per heavy atom. The minimum Gasteiger partial charge on any atom is -0.309 e. The highest BCUT2D eigenvalue weighted by molar-refractivity contribution is 9.10. The van der Waals surface area contributed by atoms with Crippen molar-refractivity contribution < 1.29 is 4.39 Å². The van der Waals surface area contributed by atoms with Crippen molar-refractivity contribution in [3.8, 4) is 0 Å². The van der Waals surface area contributed by atoms with Gasteiger partial charge in [-0.1, -0.05) is 17.7 Å². The SMILES string of the molecule is CNC(c1ccnc(C)c1)c1ccc(Br)c(Cl)c1F. The summed E-state index contributed by atoms with van der Waals surface area (Å²) in [6.45, 7) is 1.90. The van der Waals surface area contributed by atoms with Gasteiger partial charge in [0, 0.05) is 21.9 Å². The van der Waals surface area contributed by atoms with Crippen LogP contribution in [0.5, 0.6) is 0 Å². The minimum atomic E-state index is -0.412. The fourth-order valence-corrected chi connectivity index (χ4v) is 2.49. The number of hydrogen-bond acceptors (Lipinski definition) is 2. The van der Waals surface area contributed by atoms with Crippen molar-refractivity contribution in [2.75, 3.05) is 7.05 Å². The summed E-state index contributed by atoms with van der Waals surface area (Å²) >= 11 is 9.16. The molecule has 0 bridgehead atoms. The van der Waals surface area contributed by atoms with Crippen LogP contribution in [0.25, 0.3) is 0 Å². The predicted molar refractivity (Wildman–Crippen MR) is 79.0 cm³/mol. The van der Waals surface area contributed by atoms with Gasteiger partial charge in [-0.15, -0.1) is 0 Å². The van der Waals surface area contributed by atoms with E-state index in [-0.39, 0.29) is 11.1 Å². The van der Waals surface area contributed by atoms with E-state index in [0.29, 0.717) is 10.0 Å². The Hall–Kier alpha value is -0.970. The van der Waals surface area contributed by atoms with Crippen LogP contribution in [-0.4, -0.2) is 12.0 Å². The van der Waals surface area contributed by atoms with Gasteiger partial charge >= 0.3 is 0 Å². The number of benzene rings is 1. The second-order valence-corrected chi connectivity index (χ2v) is 5.45. The fourth-order valence-electron chi connectivity index (χ4n) is 2.01. The minimum absolute atomic E-state index is 0.100. The van der Waals surface area contributed by atoms with Gasteiger partial charge in [-0.3, -0.25) is 4.98 Å². The first-order chi connectivity index (χ1) is 9.04. The molecule has 0 amide bonds. The molecule has 0 saturated heterocycles. The van der Waals surface area contributed by atoms with E-state index in [9.17, 15) is 4.39 Å². The molecule has 2 nitrogen and oxygen atoms in total. The third-order valence-corrected chi connectivity index (χ3v) is 4.18. The van der Waals surface area contributed by atoms with E-state index in [2.05, 4.69) is 26.2 Å². The molecule has 2 rings (SSSR count). The summed E-state index contributed by atoms with van der Waals surface area (Å²) in [5.74, 6) is -0.412. The number of hydrogen-bond donors (Lipinski definition) is 1. The van der Waals surface area contributed by atoms with Crippen LogP contribution in [0.2, 0.25) is 5.02 Å². The molecule has 0 spiro atoms. The number of halogens is 3. The van der Waals surface area contributed by atoms with Gasteiger partial charge in [0.1, 0.15) is 5.82 Å². The van der Waals surface area contributed by atoms with Crippen molar-refractivity contribution in [1.82, 2.24) is 10.3 Å². The molecular formula is C14H13BrClFN2. The molecule has 5 heteroatoms. The number of aryl methyl sites for hydroxylation is 1. The van der Waals surface area contributed by atoms with Gasteiger partial charge in [0.2, 0.25) is 0 Å². The molecule has 0 fully saturated rings. The number of aromatic nitrogens is 1. The lowest BCUT2D eigenvalue weighted by Crippen LogP contribution is -2.19. The Morgan fingerprint density at radius 2 is 2.11 bits per heavy atom. The quantitative estimate of drug-likeness (QED) is 0.843. The van der Waals surface area contributed by atoms with Crippen molar-refractivity contribution in [1.29, 1.82) is 0 Å². The molecular weight excluding hydrogens is 331 g/mol. The molecule has 19 heavy (non-hydrogen) atoms. The van der Waals surface area contributed by atoms with Gasteiger partial charge in [0.25, 0.3) is 0 Å². The first kappa shape index (κ1) is 14.4. The van der Waals surface area contributed by atoms with E-state index in [1.165, 1.54) is 0 Å². The van der Waals surface area contributed by atoms with Crippen molar-refractivity contribution in [2.45, 2.75) is 13.0 Å². The number of rotatable bonds is 3. The molecule has 1 aromatic carbocycles. The average molecular weight is 344 g/mol. The van der Waals surface area contributed by atoms with E-state index >= 15 is 0 Å². The normalized spacial score (nSPS) is 12.5. The van der Waals surface area contributed by atoms with Crippen molar-refractivity contribution in [3.63, 3.8) is 0 Å². The van der Waals surface area contributed by atoms with Crippen LogP contribution < -0.4 is 5.32 Å². The third kappa shape index (κ3) is 2.96. The summed E-state index contributed by atoms with van der Waals surface area (Å²) in [5.41, 5.74) is 2.36. The van der Waals surface area contributed by atoms with E-state index in [1.807, 2.05) is 19.1 Å². The van der Waals surface area contributed by atoms with Gasteiger partial charge in [0.15, 0.2) is 0 Å². The maximum Gasteiger partial charge on any atom is 0.148 e. The van der Waals surface area contributed by atoms with Crippen molar-refractivity contribution >= 4 is 27.5 Å². The number of nitrogens with one attached hydrogen (secondary N) is 1. The van der Waals surface area contributed by atoms with Crippen LogP contribution in [-0.2, 0) is 0 Å². The molecule has 0 saturated carbocycles. The first-order valence-electron chi connectivity index (χ1n) is 5.77. The summed E-state index contributed by atoms with van der Waals surface area (Å²) in [5, 5.41) is 3.21. The summed E-state index contributed by atoms with van der Waals surface area (Å²) < 4.78 is 14.8. The molecule has 100 valence electrons. The molecule has 1 unspecified atom stereocenters. The molecule has 0 radical (unpaired) electrons. The Morgan fingerprint density at radius 3 is 2.74 bits per heavy atom. The van der Waals surface area contributed by atoms with E-state index in [0.717, 1.165) is 11.3 Å². The smallest absolute Gasteiger partial charge is 0.148 e. The second-order valence-electron chi connectivity index (χ2n) is 4.22. The van der Waals surface area contributed by atoms with Gasteiger partial charge in [-0.05, 0) is 53.7 Å². The van der Waals surface area contributed by atoms with Crippen molar-refractivity contribution in [3.05, 3.63) is 62.6 Å². The van der Waals surface area contributed by atoms with Gasteiger partial charge in [0.05, 0.1) is 11.1 Å². The molecule has 0 aliphatic carbocycles. The maximum absolute atomic E-state index is 14.3. The van der Waals surface area contributed by atoms with Crippen LogP contribution >= 0.6 is 27.5 Å². The summed E-state index contributed by atoms with van der Waals surface area (Å²) in [6.07, 6.45) is 1.72. The Bertz CT molecular complexity index is 604. The molecule has 1 aromatic heterocycles. The lowest BCUT2D eigenvalue weighted by molar-refractivity contribution is 0.575. The zero-order chi connectivity index (χ0) is 14.0. The summed E-state index contributed by atoms with van der Waals surface area (Å²) in [7, 11) is 1.79. The fraction of sp³-hybridized carbons (Fsp3) is 0.214. The monoisotopic (exact) mass is 342 g/mol. The summed E-state index contributed by atoms with van der Waals surface area (Å²) in [4.78, 5) is 4.15. The lowest BCUT2D eigenvalue weighted by Gasteiger charge is -2.19. The Balaban J connectivity index is 2.51. The topological polar surface area (TPSA) is 24.9 Å². The van der Waals surface area contributed by atoms with Gasteiger partial charge < -0.3 is 5.32 Å². The maximum atomic E-state index is 14.3. The van der Waals surface area contributed by atoms with E-state index in [1.54, 1.807) is 25.4 Å². The standard InChI is InChI=1S/C14H13BrClFN2/c1-8-7-9(5-6-19-8)14(18-2)10-3-4-11(15)12(16)13(10)17/h3-7,14,18H,1-2H3. The highest BCUT2D eigenvalue weighted by atomic mass is 79.9.